The number of aliphatic carboxylic acids is 1. The van der Waals surface area contributed by atoms with Gasteiger partial charge in [0.15, 0.2) is 11.6 Å². The number of aryl methyl sites for hydroxylation is 1. The lowest BCUT2D eigenvalue weighted by molar-refractivity contribution is -0.142. The Morgan fingerprint density at radius 1 is 0.976 bits per heavy atom. The van der Waals surface area contributed by atoms with Gasteiger partial charge in [-0.3, -0.25) is 9.69 Å². The summed E-state index contributed by atoms with van der Waals surface area (Å²) in [4.78, 5) is 13.5. The molecule has 2 fully saturated rings. The molecule has 1 saturated heterocycles. The highest BCUT2D eigenvalue weighted by Crippen LogP contribution is 2.50. The molecular formula is C30H32F7NO3. The quantitative estimate of drug-likeness (QED) is 0.348. The van der Waals surface area contributed by atoms with Crippen molar-refractivity contribution in [3.05, 3.63) is 64.0 Å². The van der Waals surface area contributed by atoms with Gasteiger partial charge >= 0.3 is 18.3 Å². The van der Waals surface area contributed by atoms with E-state index in [1.807, 2.05) is 0 Å². The maximum atomic E-state index is 15.9. The van der Waals surface area contributed by atoms with E-state index >= 15 is 4.39 Å². The van der Waals surface area contributed by atoms with Gasteiger partial charge in [0.25, 0.3) is 0 Å². The Labute approximate surface area is 233 Å². The molecule has 1 aliphatic carbocycles. The number of piperidine rings is 1. The Morgan fingerprint density at radius 3 is 2.20 bits per heavy atom. The van der Waals surface area contributed by atoms with Crippen LogP contribution in [-0.2, 0) is 23.6 Å². The third-order valence-electron chi connectivity index (χ3n) is 9.19. The molecule has 11 heteroatoms. The maximum Gasteiger partial charge on any atom is 0.416 e. The van der Waals surface area contributed by atoms with Crippen LogP contribution in [0.5, 0.6) is 5.75 Å². The van der Waals surface area contributed by atoms with E-state index in [1.165, 1.54) is 6.92 Å². The average Bonchev–Trinajstić information content (AvgIpc) is 3.74. The van der Waals surface area contributed by atoms with Gasteiger partial charge in [0, 0.05) is 25.0 Å². The van der Waals surface area contributed by atoms with E-state index in [0.29, 0.717) is 55.0 Å². The summed E-state index contributed by atoms with van der Waals surface area (Å²) in [6.07, 6.45) is -6.12. The van der Waals surface area contributed by atoms with Crippen LogP contribution in [0, 0.1) is 17.7 Å². The van der Waals surface area contributed by atoms with Gasteiger partial charge < -0.3 is 9.84 Å². The molecular weight excluding hydrogens is 555 g/mol. The molecule has 0 radical (unpaired) electrons. The number of carbonyl (C=O) groups is 1. The van der Waals surface area contributed by atoms with E-state index in [9.17, 15) is 36.2 Å². The molecule has 2 aliphatic heterocycles. The van der Waals surface area contributed by atoms with E-state index in [-0.39, 0.29) is 24.8 Å². The smallest absolute Gasteiger partial charge is 0.416 e. The number of nitrogens with zero attached hydrogens (tertiary/aromatic N) is 1. The topological polar surface area (TPSA) is 49.8 Å². The van der Waals surface area contributed by atoms with Crippen molar-refractivity contribution in [2.24, 2.45) is 11.8 Å². The number of carboxylic acids is 1. The number of likely N-dealkylation sites (tertiary alicyclic amines) is 1. The van der Waals surface area contributed by atoms with Crippen molar-refractivity contribution < 1.29 is 45.4 Å². The fraction of sp³-hybridized carbons (Fsp3) is 0.567. The fourth-order valence-electron chi connectivity index (χ4n) is 6.56. The number of fused-ring (bicyclic) bond motifs is 1. The largest absolute Gasteiger partial charge is 0.484 e. The third-order valence-corrected chi connectivity index (χ3v) is 9.19. The molecule has 4 nitrogen and oxygen atoms in total. The molecule has 0 aromatic heterocycles. The van der Waals surface area contributed by atoms with Crippen LogP contribution >= 0.6 is 0 Å². The molecule has 0 bridgehead atoms. The second kappa shape index (κ2) is 10.5. The summed E-state index contributed by atoms with van der Waals surface area (Å²) in [5.74, 6) is -2.59. The van der Waals surface area contributed by atoms with Gasteiger partial charge in [-0.15, -0.1) is 0 Å². The first-order chi connectivity index (χ1) is 19.1. The van der Waals surface area contributed by atoms with Crippen molar-refractivity contribution >= 4 is 5.97 Å². The lowest BCUT2D eigenvalue weighted by Gasteiger charge is -2.46. The van der Waals surface area contributed by atoms with Crippen molar-refractivity contribution in [3.63, 3.8) is 0 Å². The second-order valence-electron chi connectivity index (χ2n) is 11.7. The molecule has 2 aromatic rings. The van der Waals surface area contributed by atoms with E-state index in [2.05, 4.69) is 0 Å². The molecule has 2 aromatic carbocycles. The van der Waals surface area contributed by atoms with Crippen molar-refractivity contribution in [1.82, 2.24) is 4.90 Å². The summed E-state index contributed by atoms with van der Waals surface area (Å²) in [6, 6.07) is 4.02. The van der Waals surface area contributed by atoms with Crippen LogP contribution in [-0.4, -0.2) is 34.7 Å². The average molecular weight is 588 g/mol. The molecule has 1 saturated carbocycles. The van der Waals surface area contributed by atoms with Crippen LogP contribution in [0.4, 0.5) is 30.7 Å². The SMILES string of the molecule is CC(C(=O)O)C(c1ccc2c(c1F)OC1(CC2)CCN(C(C)c2cc(C(F)(F)F)ccc2C(F)(F)F)CC1)C1CC1. The second-order valence-corrected chi connectivity index (χ2v) is 11.7. The normalized spacial score (nSPS) is 21.6. The minimum Gasteiger partial charge on any atom is -0.484 e. The van der Waals surface area contributed by atoms with Crippen LogP contribution in [0.3, 0.4) is 0 Å². The first-order valence-electron chi connectivity index (χ1n) is 13.9. The van der Waals surface area contributed by atoms with Crippen LogP contribution < -0.4 is 4.74 Å². The van der Waals surface area contributed by atoms with Gasteiger partial charge in [-0.1, -0.05) is 19.1 Å². The van der Waals surface area contributed by atoms with Crippen molar-refractivity contribution in [2.75, 3.05) is 13.1 Å². The van der Waals surface area contributed by atoms with Crippen molar-refractivity contribution in [1.29, 1.82) is 0 Å². The monoisotopic (exact) mass is 587 g/mol. The van der Waals surface area contributed by atoms with Gasteiger partial charge in [0.1, 0.15) is 5.60 Å². The molecule has 3 aliphatic rings. The molecule has 3 unspecified atom stereocenters. The summed E-state index contributed by atoms with van der Waals surface area (Å²) in [7, 11) is 0. The van der Waals surface area contributed by atoms with E-state index in [4.69, 9.17) is 4.74 Å². The highest BCUT2D eigenvalue weighted by atomic mass is 19.4. The van der Waals surface area contributed by atoms with Gasteiger partial charge in [-0.25, -0.2) is 4.39 Å². The molecule has 3 atom stereocenters. The van der Waals surface area contributed by atoms with E-state index in [1.54, 1.807) is 24.0 Å². The van der Waals surface area contributed by atoms with Crippen LogP contribution in [0.2, 0.25) is 0 Å². The highest BCUT2D eigenvalue weighted by Gasteiger charge is 2.45. The van der Waals surface area contributed by atoms with Crippen LogP contribution in [0.15, 0.2) is 30.3 Å². The predicted molar refractivity (Wildman–Crippen MR) is 136 cm³/mol. The number of halogens is 7. The van der Waals surface area contributed by atoms with Crippen molar-refractivity contribution in [3.8, 4) is 5.75 Å². The number of hydrogen-bond donors (Lipinski definition) is 1. The Balaban J connectivity index is 1.36. The zero-order valence-electron chi connectivity index (χ0n) is 22.7. The van der Waals surface area contributed by atoms with Gasteiger partial charge in [0.2, 0.25) is 0 Å². The predicted octanol–water partition coefficient (Wildman–Crippen LogP) is 8.00. The zero-order chi connectivity index (χ0) is 29.9. The molecule has 224 valence electrons. The lowest BCUT2D eigenvalue weighted by Crippen LogP contribution is -2.50. The Kier molecular flexibility index (Phi) is 7.58. The minimum atomic E-state index is -4.81. The summed E-state index contributed by atoms with van der Waals surface area (Å²) in [6.45, 7) is 3.56. The standard InChI is InChI=1S/C30H32F7NO3/c1-16(27(39)40)24(18-3-4-18)21-7-5-19-9-10-28(41-26(19)25(21)31)11-13-38(14-12-28)17(2)22-15-20(29(32,33)34)6-8-23(22)30(35,36)37/h5-8,15-18,24H,3-4,9-14H2,1-2H3,(H,39,40). The molecule has 5 rings (SSSR count). The molecule has 1 spiro atoms. The molecule has 2 heterocycles. The fourth-order valence-corrected chi connectivity index (χ4v) is 6.56. The van der Waals surface area contributed by atoms with E-state index < -0.39 is 64.3 Å². The summed E-state index contributed by atoms with van der Waals surface area (Å²) in [5, 5.41) is 9.61. The third kappa shape index (κ3) is 5.79. The number of alkyl halides is 6. The maximum absolute atomic E-state index is 15.9. The molecule has 1 N–H and O–H groups in total. The Hall–Kier alpha value is -2.82. The van der Waals surface area contributed by atoms with Crippen molar-refractivity contribution in [2.45, 2.75) is 82.3 Å². The summed E-state index contributed by atoms with van der Waals surface area (Å²) < 4.78 is 103. The van der Waals surface area contributed by atoms with Gasteiger partial charge in [-0.2, -0.15) is 26.3 Å². The summed E-state index contributed by atoms with van der Waals surface area (Å²) in [5.41, 5.74) is -2.43. The Bertz CT molecular complexity index is 1310. The number of ether oxygens (including phenoxy) is 1. The number of rotatable bonds is 6. The first-order valence-corrected chi connectivity index (χ1v) is 13.9. The van der Waals surface area contributed by atoms with E-state index in [0.717, 1.165) is 12.8 Å². The molecule has 41 heavy (non-hydrogen) atoms. The number of benzene rings is 2. The lowest BCUT2D eigenvalue weighted by atomic mass is 9.79. The highest BCUT2D eigenvalue weighted by molar-refractivity contribution is 5.71. The van der Waals surface area contributed by atoms with Gasteiger partial charge in [-0.05, 0) is 86.3 Å². The summed E-state index contributed by atoms with van der Waals surface area (Å²) >= 11 is 0. The number of carboxylic acid groups (broad SMARTS) is 1. The van der Waals surface area contributed by atoms with Crippen LogP contribution in [0.25, 0.3) is 0 Å². The Morgan fingerprint density at radius 2 is 1.63 bits per heavy atom. The molecule has 0 amide bonds. The first kappa shape index (κ1) is 29.7. The minimum absolute atomic E-state index is 0.0911. The number of hydrogen-bond acceptors (Lipinski definition) is 3. The zero-order valence-corrected chi connectivity index (χ0v) is 22.7. The van der Waals surface area contributed by atoms with Crippen LogP contribution in [0.1, 0.15) is 85.7 Å². The van der Waals surface area contributed by atoms with Gasteiger partial charge in [0.05, 0.1) is 17.0 Å².